The van der Waals surface area contributed by atoms with E-state index in [2.05, 4.69) is 218 Å². The second kappa shape index (κ2) is 36.8. The van der Waals surface area contributed by atoms with E-state index >= 15 is 0 Å². The summed E-state index contributed by atoms with van der Waals surface area (Å²) in [5.41, 5.74) is 21.8. The van der Waals surface area contributed by atoms with Crippen LogP contribution < -0.4 is 4.74 Å². The second-order valence-electron chi connectivity index (χ2n) is 27.5. The van der Waals surface area contributed by atoms with Gasteiger partial charge in [0.25, 0.3) is 0 Å². The van der Waals surface area contributed by atoms with E-state index in [1.165, 1.54) is 33.3 Å². The zero-order valence-corrected chi connectivity index (χ0v) is 66.7. The van der Waals surface area contributed by atoms with Gasteiger partial charge in [0.1, 0.15) is 40.7 Å². The van der Waals surface area contributed by atoms with Gasteiger partial charge in [-0.05, 0) is 179 Å². The van der Waals surface area contributed by atoms with Crippen molar-refractivity contribution in [1.82, 2.24) is 65.7 Å². The first-order valence-corrected chi connectivity index (χ1v) is 38.7. The summed E-state index contributed by atoms with van der Waals surface area (Å²) in [6.45, 7) is 12.3. The molecule has 0 bridgehead atoms. The van der Waals surface area contributed by atoms with Gasteiger partial charge in [0, 0.05) is 100 Å². The summed E-state index contributed by atoms with van der Waals surface area (Å²) < 4.78 is 20.1. The summed E-state index contributed by atoms with van der Waals surface area (Å²) in [5, 5.41) is 2.11. The summed E-state index contributed by atoms with van der Waals surface area (Å²) in [7, 11) is 1.68. The number of halogens is 3. The van der Waals surface area contributed by atoms with Crippen LogP contribution in [-0.2, 0) is 25.7 Å². The van der Waals surface area contributed by atoms with Gasteiger partial charge in [-0.25, -0.2) is 34.9 Å². The van der Waals surface area contributed by atoms with Gasteiger partial charge in [-0.15, -0.1) is 0 Å². The van der Waals surface area contributed by atoms with Gasteiger partial charge in [0.2, 0.25) is 0 Å². The molecule has 14 aromatic heterocycles. The van der Waals surface area contributed by atoms with Crippen molar-refractivity contribution in [3.8, 4) is 39.7 Å². The highest BCUT2D eigenvalue weighted by Gasteiger charge is 2.17. The lowest BCUT2D eigenvalue weighted by atomic mass is 10.1. The molecule has 0 aliphatic heterocycles. The first-order chi connectivity index (χ1) is 55.7. The molecule has 0 saturated carbocycles. The van der Waals surface area contributed by atoms with E-state index in [-0.39, 0.29) is 0 Å². The summed E-state index contributed by atoms with van der Waals surface area (Å²) in [4.78, 5) is 31.3. The lowest BCUT2D eigenvalue weighted by Gasteiger charge is -2.04. The highest BCUT2D eigenvalue weighted by atomic mass is 35.5. The van der Waals surface area contributed by atoms with E-state index in [1.54, 1.807) is 19.5 Å². The Morgan fingerprint density at radius 3 is 1.57 bits per heavy atom. The number of nitrogens with zero attached hydrogens (tertiary/aromatic N) is 14. The number of aromatic nitrogens is 14. The van der Waals surface area contributed by atoms with Gasteiger partial charge in [-0.3, -0.25) is 4.40 Å². The Morgan fingerprint density at radius 1 is 0.342 bits per heavy atom. The summed E-state index contributed by atoms with van der Waals surface area (Å²) >= 11 is 18.0. The Bertz CT molecular complexity index is 6500. The lowest BCUT2D eigenvalue weighted by Crippen LogP contribution is -1.98. The lowest BCUT2D eigenvalue weighted by molar-refractivity contribution is 0.414. The maximum absolute atomic E-state index is 6.18. The standard InChI is InChI=1S/C21H18N2.C20H16N2O.C16H15ClN2.C14H10Cl2N2.C9H10N2.2C8H8N2/c1-16-10-12-17(13-11-16)15-20-22-21(18-7-3-2-4-8-18)19-9-5-6-14-23(19)20;1-23-17-12-13-22-18(14-17)19(15-8-4-2-5-9-15)21-20(22)16-10-6-3-7-11-16;1-12-8-9-19-15(10-12)11-18-16(19)7-4-13-2-5-14(17)6-3-13;15-11-5-4-10(13(16)8-11)7-14-17-9-12-3-1-2-6-18(12)14;1-7-9-5-3-4-6-11(9)8(2)10-7;1-7-2-3-10-6-9-5-8(10)4-7;1-7-9-6-8-4-2-3-5-10(7)8/h2-14H,15H2,1H3;2-14H,1H3;2-3,5-6,8-11H,4,7H2,1H3;1-6,8-9H,7H2;3-6H,1-2H3;2*2-6H,1H3. The molecule has 0 aliphatic carbocycles. The smallest absolute Gasteiger partial charge is 0.145 e. The topological polar surface area (TPSA) is 130 Å². The monoisotopic (exact) mass is 1550 g/mol. The Labute approximate surface area is 678 Å². The van der Waals surface area contributed by atoms with Gasteiger partial charge in [-0.2, -0.15) is 0 Å². The van der Waals surface area contributed by atoms with Crippen molar-refractivity contribution in [3.05, 3.63) is 425 Å². The molecule has 14 heterocycles. The van der Waals surface area contributed by atoms with E-state index in [9.17, 15) is 0 Å². The number of benzene rings is 6. The largest absolute Gasteiger partial charge is 0.497 e. The zero-order chi connectivity index (χ0) is 78.9. The molecular formula is C96H85Cl3N14O. The third-order valence-electron chi connectivity index (χ3n) is 19.4. The van der Waals surface area contributed by atoms with Crippen molar-refractivity contribution in [2.45, 2.75) is 67.2 Å². The molecule has 18 heteroatoms. The number of rotatable bonds is 11. The van der Waals surface area contributed by atoms with E-state index in [1.807, 2.05) is 208 Å². The summed E-state index contributed by atoms with van der Waals surface area (Å²) in [6.07, 6.45) is 27.0. The molecule has 0 radical (unpaired) electrons. The van der Waals surface area contributed by atoms with Crippen molar-refractivity contribution < 1.29 is 4.74 Å². The molecular weight excluding hydrogens is 1470 g/mol. The van der Waals surface area contributed by atoms with Crippen LogP contribution in [0.1, 0.15) is 68.2 Å². The molecule has 566 valence electrons. The third kappa shape index (κ3) is 19.0. The van der Waals surface area contributed by atoms with Crippen LogP contribution in [0.15, 0.2) is 341 Å². The van der Waals surface area contributed by atoms with Crippen LogP contribution in [0, 0.1) is 41.5 Å². The molecule has 0 atom stereocenters. The molecule has 6 aromatic carbocycles. The highest BCUT2D eigenvalue weighted by molar-refractivity contribution is 6.35. The van der Waals surface area contributed by atoms with Crippen molar-refractivity contribution in [1.29, 1.82) is 0 Å². The van der Waals surface area contributed by atoms with Crippen molar-refractivity contribution in [2.75, 3.05) is 7.11 Å². The first kappa shape index (κ1) is 77.5. The van der Waals surface area contributed by atoms with Gasteiger partial charge in [-0.1, -0.05) is 198 Å². The van der Waals surface area contributed by atoms with Gasteiger partial charge in [0.15, 0.2) is 0 Å². The van der Waals surface area contributed by atoms with Gasteiger partial charge >= 0.3 is 0 Å². The Kier molecular flexibility index (Phi) is 25.0. The van der Waals surface area contributed by atoms with E-state index in [0.29, 0.717) is 16.5 Å². The molecule has 0 aliphatic rings. The Balaban J connectivity index is 0.000000113. The first-order valence-electron chi connectivity index (χ1n) is 37.6. The summed E-state index contributed by atoms with van der Waals surface area (Å²) in [5.74, 6) is 6.99. The van der Waals surface area contributed by atoms with Gasteiger partial charge in [0.05, 0.1) is 93.9 Å². The van der Waals surface area contributed by atoms with E-state index < -0.39 is 0 Å². The number of pyridine rings is 7. The number of fused-ring (bicyclic) bond motifs is 7. The molecule has 0 amide bonds. The molecule has 0 N–H and O–H groups in total. The van der Waals surface area contributed by atoms with Gasteiger partial charge < -0.3 is 31.1 Å². The third-order valence-corrected chi connectivity index (χ3v) is 20.2. The van der Waals surface area contributed by atoms with Crippen molar-refractivity contribution in [2.24, 2.45) is 0 Å². The minimum Gasteiger partial charge on any atom is -0.497 e. The average Bonchev–Trinajstić information content (AvgIpc) is 1.61. The second-order valence-corrected chi connectivity index (χ2v) is 28.8. The predicted molar refractivity (Wildman–Crippen MR) is 465 cm³/mol. The number of aryl methyl sites for hydroxylation is 8. The van der Waals surface area contributed by atoms with Crippen molar-refractivity contribution >= 4 is 73.4 Å². The molecule has 114 heavy (non-hydrogen) atoms. The zero-order valence-electron chi connectivity index (χ0n) is 64.5. The normalized spacial score (nSPS) is 10.9. The molecule has 0 spiro atoms. The molecule has 0 saturated heterocycles. The minimum atomic E-state index is 0.650. The molecule has 0 unspecified atom stereocenters. The number of methoxy groups -OCH3 is 1. The fourth-order valence-electron chi connectivity index (χ4n) is 13.4. The molecule has 20 rings (SSSR count). The highest BCUT2D eigenvalue weighted by Crippen LogP contribution is 2.33. The predicted octanol–water partition coefficient (Wildman–Crippen LogP) is 23.1. The summed E-state index contributed by atoms with van der Waals surface area (Å²) in [6, 6.07) is 89.9. The Hall–Kier alpha value is -13.2. The quantitative estimate of drug-likeness (QED) is 0.125. The van der Waals surface area contributed by atoms with Crippen LogP contribution >= 0.6 is 34.8 Å². The molecule has 20 aromatic rings. The fraction of sp³-hybridized carbons (Fsp3) is 0.115. The van der Waals surface area contributed by atoms with Crippen LogP contribution in [0.25, 0.3) is 72.5 Å². The van der Waals surface area contributed by atoms with E-state index in [0.717, 1.165) is 137 Å². The van der Waals surface area contributed by atoms with Crippen LogP contribution in [0.5, 0.6) is 5.75 Å². The number of hydrogen-bond donors (Lipinski definition) is 0. The average molecular weight is 1560 g/mol. The van der Waals surface area contributed by atoms with Crippen LogP contribution in [0.4, 0.5) is 0 Å². The van der Waals surface area contributed by atoms with Crippen molar-refractivity contribution in [3.63, 3.8) is 0 Å². The molecule has 0 fully saturated rings. The van der Waals surface area contributed by atoms with Crippen LogP contribution in [0.2, 0.25) is 15.1 Å². The maximum atomic E-state index is 6.18. The number of hydrogen-bond acceptors (Lipinski definition) is 8. The fourth-order valence-corrected chi connectivity index (χ4v) is 14.0. The van der Waals surface area contributed by atoms with Crippen LogP contribution in [0.3, 0.4) is 0 Å². The maximum Gasteiger partial charge on any atom is 0.145 e. The van der Waals surface area contributed by atoms with E-state index in [4.69, 9.17) is 49.5 Å². The minimum absolute atomic E-state index is 0.650. The van der Waals surface area contributed by atoms with Crippen LogP contribution in [-0.4, -0.2) is 72.8 Å². The number of imidazole rings is 7. The Morgan fingerprint density at radius 2 is 0.895 bits per heavy atom. The SMILES string of the molecule is COc1ccn2c(-c3ccccc3)nc(-c3ccccc3)c2c1.Cc1ccc(Cc2nc(-c3ccccc3)c3ccccn23)cc1.Cc1ccn2c(CCc3ccc(Cl)cc3)ncc2c1.Cc1ccn2cncc2c1.Cc1nc(C)n2ccccc12.Cc1ncc2ccccn12.Clc1ccc(Cc2ncc3ccccn23)c(Cl)c1. The molecule has 15 nitrogen and oxygen atoms in total. The number of ether oxygens (including phenoxy) is 1.